The zero-order valence-corrected chi connectivity index (χ0v) is 20.5. The number of carbonyl (C=O) groups excluding carboxylic acids is 1. The summed E-state index contributed by atoms with van der Waals surface area (Å²) in [5, 5.41) is 10.5. The molecule has 3 nitrogen and oxygen atoms in total. The van der Waals surface area contributed by atoms with Crippen LogP contribution in [-0.4, -0.2) is 22.6 Å². The van der Waals surface area contributed by atoms with Crippen molar-refractivity contribution in [1.29, 1.82) is 0 Å². The molecule has 0 bridgehead atoms. The van der Waals surface area contributed by atoms with Crippen LogP contribution in [0, 0.1) is 22.7 Å². The molecule has 0 aromatic heterocycles. The first-order valence-corrected chi connectivity index (χ1v) is 12.0. The smallest absolute Gasteiger partial charge is 0.345 e. The average molecular weight is 423 g/mol. The molecular formula is C25H42O3S. The van der Waals surface area contributed by atoms with E-state index < -0.39 is 11.4 Å². The predicted molar refractivity (Wildman–Crippen MR) is 125 cm³/mol. The third-order valence-electron chi connectivity index (χ3n) is 5.76. The molecule has 1 N–H and O–H groups in total. The number of hydrogen-bond donors (Lipinski definition) is 1. The molecule has 0 saturated carbocycles. The van der Waals surface area contributed by atoms with Gasteiger partial charge in [0, 0.05) is 17.6 Å². The maximum absolute atomic E-state index is 12.9. The number of hydrogen-bond acceptors (Lipinski definition) is 4. The third-order valence-corrected chi connectivity index (χ3v) is 6.77. The van der Waals surface area contributed by atoms with Crippen molar-refractivity contribution in [2.45, 2.75) is 91.9 Å². The fourth-order valence-corrected chi connectivity index (χ4v) is 4.93. The molecule has 0 radical (unpaired) electrons. The average Bonchev–Trinajstić information content (AvgIpc) is 2.62. The highest BCUT2D eigenvalue weighted by atomic mass is 32.2. The molecule has 1 rings (SSSR count). The summed E-state index contributed by atoms with van der Waals surface area (Å²) in [4.78, 5) is 12.9. The van der Waals surface area contributed by atoms with Gasteiger partial charge in [-0.3, -0.25) is 0 Å². The van der Waals surface area contributed by atoms with Gasteiger partial charge in [0.05, 0.1) is 0 Å². The molecule has 0 aliphatic carbocycles. The number of rotatable bonds is 10. The Morgan fingerprint density at radius 2 is 1.55 bits per heavy atom. The van der Waals surface area contributed by atoms with E-state index in [2.05, 4.69) is 55.4 Å². The Bertz CT molecular complexity index is 601. The van der Waals surface area contributed by atoms with Crippen molar-refractivity contribution in [2.75, 3.05) is 0 Å². The van der Waals surface area contributed by atoms with Crippen LogP contribution in [0.15, 0.2) is 30.3 Å². The summed E-state index contributed by atoms with van der Waals surface area (Å²) in [6.07, 6.45) is 2.77. The lowest BCUT2D eigenvalue weighted by Gasteiger charge is -2.44. The zero-order valence-electron chi connectivity index (χ0n) is 19.7. The molecule has 1 aromatic rings. The fourth-order valence-electron chi connectivity index (χ4n) is 4.19. The van der Waals surface area contributed by atoms with E-state index >= 15 is 0 Å². The summed E-state index contributed by atoms with van der Waals surface area (Å²) in [6.45, 7) is 17.7. The minimum atomic E-state index is -1.17. The largest absolute Gasteiger partial charge is 0.459 e. The Balaban J connectivity index is 3.01. The molecule has 0 aliphatic heterocycles. The standard InChI is InChI=1S/C25H42O3S/c1-9-14-20(25(6,7)8)21(19(10-2)24(3,4)5)28-22(26)23(27)29-17-18-15-12-11-13-16-18/h11-13,15-16,19-21,23,27H,9-10,14,17H2,1-8H3. The van der Waals surface area contributed by atoms with E-state index in [9.17, 15) is 9.90 Å². The van der Waals surface area contributed by atoms with Crippen LogP contribution >= 0.6 is 11.8 Å². The molecule has 0 aliphatic rings. The van der Waals surface area contributed by atoms with Gasteiger partial charge in [-0.2, -0.15) is 0 Å². The second kappa shape index (κ2) is 11.4. The third kappa shape index (κ3) is 8.33. The number of aliphatic hydroxyl groups excluding tert-OH is 1. The quantitative estimate of drug-likeness (QED) is 0.337. The first-order chi connectivity index (χ1) is 13.4. The zero-order chi connectivity index (χ0) is 22.2. The summed E-state index contributed by atoms with van der Waals surface area (Å²) in [7, 11) is 0. The number of aliphatic hydroxyl groups is 1. The molecule has 0 spiro atoms. The van der Waals surface area contributed by atoms with Gasteiger partial charge in [0.2, 0.25) is 0 Å². The molecule has 0 fully saturated rings. The lowest BCUT2D eigenvalue weighted by Crippen LogP contribution is -2.46. The van der Waals surface area contributed by atoms with E-state index in [4.69, 9.17) is 4.74 Å². The van der Waals surface area contributed by atoms with Crippen molar-refractivity contribution in [1.82, 2.24) is 0 Å². The monoisotopic (exact) mass is 422 g/mol. The van der Waals surface area contributed by atoms with Gasteiger partial charge in [0.1, 0.15) is 6.10 Å². The Kier molecular flexibility index (Phi) is 10.2. The van der Waals surface area contributed by atoms with Crippen LogP contribution in [0.4, 0.5) is 0 Å². The van der Waals surface area contributed by atoms with Crippen molar-refractivity contribution in [2.24, 2.45) is 22.7 Å². The van der Waals surface area contributed by atoms with Gasteiger partial charge in [0.25, 0.3) is 0 Å². The summed E-state index contributed by atoms with van der Waals surface area (Å²) in [5.74, 6) is 0.542. The number of ether oxygens (including phenoxy) is 1. The van der Waals surface area contributed by atoms with Crippen LogP contribution in [0.25, 0.3) is 0 Å². The fraction of sp³-hybridized carbons (Fsp3) is 0.720. The van der Waals surface area contributed by atoms with Gasteiger partial charge in [-0.25, -0.2) is 4.79 Å². The van der Waals surface area contributed by atoms with E-state index in [1.165, 1.54) is 11.8 Å². The van der Waals surface area contributed by atoms with Crippen molar-refractivity contribution in [3.63, 3.8) is 0 Å². The van der Waals surface area contributed by atoms with Gasteiger partial charge in [0.15, 0.2) is 5.44 Å². The number of benzene rings is 1. The normalized spacial score (nSPS) is 16.7. The number of carbonyl (C=O) groups is 1. The second-order valence-electron chi connectivity index (χ2n) is 10.2. The minimum Gasteiger partial charge on any atom is -0.459 e. The SMILES string of the molecule is CCCC(C(OC(=O)C(O)SCc1ccccc1)C(CC)C(C)(C)C)C(C)(C)C. The minimum absolute atomic E-state index is 0.0130. The highest BCUT2D eigenvalue weighted by Gasteiger charge is 2.43. The maximum atomic E-state index is 12.9. The summed E-state index contributed by atoms with van der Waals surface area (Å²) >= 11 is 1.22. The van der Waals surface area contributed by atoms with Crippen molar-refractivity contribution >= 4 is 17.7 Å². The van der Waals surface area contributed by atoms with Gasteiger partial charge in [-0.15, -0.1) is 11.8 Å². The number of esters is 1. The van der Waals surface area contributed by atoms with E-state index in [0.29, 0.717) is 5.75 Å². The Morgan fingerprint density at radius 3 is 2.00 bits per heavy atom. The van der Waals surface area contributed by atoms with E-state index in [1.807, 2.05) is 30.3 Å². The predicted octanol–water partition coefficient (Wildman–Crippen LogP) is 6.68. The molecule has 166 valence electrons. The molecule has 4 heteroatoms. The molecule has 4 unspecified atom stereocenters. The van der Waals surface area contributed by atoms with Crippen LogP contribution in [0.3, 0.4) is 0 Å². The summed E-state index contributed by atoms with van der Waals surface area (Å²) in [5.41, 5.74) is -0.0566. The van der Waals surface area contributed by atoms with E-state index in [1.54, 1.807) is 0 Å². The molecule has 4 atom stereocenters. The van der Waals surface area contributed by atoms with E-state index in [-0.39, 0.29) is 28.8 Å². The first kappa shape index (κ1) is 26.0. The van der Waals surface area contributed by atoms with Crippen LogP contribution in [0.2, 0.25) is 0 Å². The van der Waals surface area contributed by atoms with Crippen LogP contribution in [0.5, 0.6) is 0 Å². The maximum Gasteiger partial charge on any atom is 0.345 e. The van der Waals surface area contributed by atoms with E-state index in [0.717, 1.165) is 24.8 Å². The number of thioether (sulfide) groups is 1. The van der Waals surface area contributed by atoms with Crippen molar-refractivity contribution in [3.05, 3.63) is 35.9 Å². The van der Waals surface area contributed by atoms with Crippen molar-refractivity contribution < 1.29 is 14.6 Å². The van der Waals surface area contributed by atoms with Gasteiger partial charge in [-0.05, 0) is 29.2 Å². The Labute approximate surface area is 183 Å². The van der Waals surface area contributed by atoms with Crippen molar-refractivity contribution in [3.8, 4) is 0 Å². The Hall–Kier alpha value is -1.00. The second-order valence-corrected chi connectivity index (χ2v) is 11.3. The van der Waals surface area contributed by atoms with Gasteiger partial charge in [-0.1, -0.05) is 92.1 Å². The molecule has 0 heterocycles. The molecule has 0 saturated heterocycles. The molecular weight excluding hydrogens is 380 g/mol. The first-order valence-electron chi connectivity index (χ1n) is 11.0. The van der Waals surface area contributed by atoms with Crippen LogP contribution in [-0.2, 0) is 15.3 Å². The Morgan fingerprint density at radius 1 is 1.00 bits per heavy atom. The lowest BCUT2D eigenvalue weighted by molar-refractivity contribution is -0.168. The van der Waals surface area contributed by atoms with Crippen LogP contribution in [0.1, 0.15) is 80.2 Å². The molecule has 29 heavy (non-hydrogen) atoms. The van der Waals surface area contributed by atoms with Gasteiger partial charge < -0.3 is 9.84 Å². The molecule has 1 aromatic carbocycles. The van der Waals surface area contributed by atoms with Gasteiger partial charge >= 0.3 is 5.97 Å². The lowest BCUT2D eigenvalue weighted by atomic mass is 9.65. The topological polar surface area (TPSA) is 46.5 Å². The molecule has 0 amide bonds. The summed E-state index contributed by atoms with van der Waals surface area (Å²) < 4.78 is 6.11. The highest BCUT2D eigenvalue weighted by molar-refractivity contribution is 7.99. The summed E-state index contributed by atoms with van der Waals surface area (Å²) in [6, 6.07) is 9.88. The van der Waals surface area contributed by atoms with Crippen LogP contribution < -0.4 is 0 Å². The highest BCUT2D eigenvalue weighted by Crippen LogP contribution is 2.43.